The lowest BCUT2D eigenvalue weighted by Gasteiger charge is -2.20. The van der Waals surface area contributed by atoms with Gasteiger partial charge >= 0.3 is 0 Å². The molecule has 20 heteroatoms. The van der Waals surface area contributed by atoms with Gasteiger partial charge in [0.05, 0.1) is 0 Å². The van der Waals surface area contributed by atoms with E-state index in [1.807, 2.05) is 146 Å². The highest BCUT2D eigenvalue weighted by molar-refractivity contribution is 6.08. The second kappa shape index (κ2) is 34.5. The number of H-pyrrole nitrogens is 2. The molecule has 682 valence electrons. The maximum absolute atomic E-state index is 7.46. The third-order valence-electron chi connectivity index (χ3n) is 24.1. The van der Waals surface area contributed by atoms with Gasteiger partial charge in [0, 0.05) is 43.8 Å². The molecule has 8 bridgehead atoms. The summed E-state index contributed by atoms with van der Waals surface area (Å²) < 4.78 is 56.3. The summed E-state index contributed by atoms with van der Waals surface area (Å²) in [7, 11) is 0. The van der Waals surface area contributed by atoms with Crippen molar-refractivity contribution in [3.63, 3.8) is 0 Å². The first-order valence-corrected chi connectivity index (χ1v) is 45.6. The Kier molecular flexibility index (Phi) is 23.5. The van der Waals surface area contributed by atoms with Crippen LogP contribution in [0.4, 0.5) is 11.9 Å². The Bertz CT molecular complexity index is 6820. The van der Waals surface area contributed by atoms with Crippen LogP contribution >= 0.6 is 0 Å². The van der Waals surface area contributed by atoms with Crippen molar-refractivity contribution >= 4 is 56.0 Å². The van der Waals surface area contributed by atoms with E-state index < -0.39 is 0 Å². The number of nitrogens with two attached hydrogens (primary N) is 2. The summed E-state index contributed by atoms with van der Waals surface area (Å²) in [6, 6.07) is 79.3. The highest BCUT2D eigenvalue weighted by Crippen LogP contribution is 2.51. The molecular weight excluding hydrogens is 1670 g/mol. The zero-order valence-electron chi connectivity index (χ0n) is 81.1. The molecule has 0 amide bonds. The van der Waals surface area contributed by atoms with Gasteiger partial charge in [0.25, 0.3) is 0 Å². The van der Waals surface area contributed by atoms with Crippen LogP contribution in [-0.2, 0) is 43.3 Å². The predicted octanol–water partition coefficient (Wildman–Crippen LogP) is 30.7. The van der Waals surface area contributed by atoms with E-state index in [-0.39, 0.29) is 101 Å². The normalized spacial score (nSPS) is 12.5. The van der Waals surface area contributed by atoms with E-state index in [2.05, 4.69) is 273 Å². The van der Waals surface area contributed by atoms with Crippen LogP contribution in [0.3, 0.4) is 0 Å². The number of fused-ring (bicyclic) bond motifs is 20. The zero-order chi connectivity index (χ0) is 95.3. The standard InChI is InChI=1S/C114H118N12O8/c1-107(2,3)65-25-41-73(42-26-65)127-89-57-81-85(61-93(89)131-77-49-33-69(34-50-77)111(13,14)15)101-119-97(81)117-98-82-58-90(128-74-43-27-66(28-44-74)108(4,5)6)94(132-78-51-35-70(36-52-78)112(16,17)18)62-86(82)102(120-98)125-106(116)126-104-88-64-96(134-80-55-39-72(40-56-80)114(22,23)24)92(130-76-47-31-68(32-48-76)110(10,11)12)60-84(88)100(122-104)118-99-83-59-91(129-75-45-29-67(30-46-75)109(7,8)9)95(63-87(83)103(121-99)124-105(115)123-101)133-79-53-37-71(38-54-79)113(19,20)21/h25-64H,1-24H3,(H6,115,116,117,118,119,120,121,122,123,124,125,126). The Morgan fingerprint density at radius 2 is 0.321 bits per heavy atom. The van der Waals surface area contributed by atoms with Crippen molar-refractivity contribution in [3.05, 3.63) is 287 Å². The number of nitrogen functional groups attached to an aromatic ring is 2. The Morgan fingerprint density at radius 3 is 0.478 bits per heavy atom. The lowest BCUT2D eigenvalue weighted by Crippen LogP contribution is -2.10. The fraction of sp³-hybridized carbons (Fsp3) is 0.281. The molecule has 5 heterocycles. The third-order valence-corrected chi connectivity index (χ3v) is 24.1. The van der Waals surface area contributed by atoms with Crippen molar-refractivity contribution in [1.29, 1.82) is 0 Å². The topological polar surface area (TPSA) is 261 Å². The first kappa shape index (κ1) is 91.2. The summed E-state index contributed by atoms with van der Waals surface area (Å²) >= 11 is 0. The molecule has 2 aliphatic heterocycles. The summed E-state index contributed by atoms with van der Waals surface area (Å²) in [6.07, 6.45) is 0. The maximum Gasteiger partial charge on any atom is 0.224 e. The molecule has 0 unspecified atom stereocenters. The average molecular weight is 1780 g/mol. The van der Waals surface area contributed by atoms with Gasteiger partial charge in [0.15, 0.2) is 69.3 Å². The van der Waals surface area contributed by atoms with Crippen LogP contribution in [0, 0.1) is 0 Å². The van der Waals surface area contributed by atoms with Crippen LogP contribution in [0.2, 0.25) is 0 Å². The van der Waals surface area contributed by atoms with Crippen molar-refractivity contribution in [2.24, 2.45) is 0 Å². The molecule has 0 saturated carbocycles. The van der Waals surface area contributed by atoms with Crippen molar-refractivity contribution in [3.8, 4) is 138 Å². The number of nitrogens with zero attached hydrogens (tertiary/aromatic N) is 8. The minimum absolute atomic E-state index is 0.126. The summed E-state index contributed by atoms with van der Waals surface area (Å²) in [5, 5.41) is 2.05. The Hall–Kier alpha value is -14.7. The minimum atomic E-state index is -0.217. The molecule has 3 aromatic heterocycles. The fourth-order valence-electron chi connectivity index (χ4n) is 15.9. The number of aromatic amines is 2. The first-order valence-electron chi connectivity index (χ1n) is 45.6. The number of hydrogen-bond acceptors (Lipinski definition) is 18. The van der Waals surface area contributed by atoms with Gasteiger partial charge in [-0.1, -0.05) is 263 Å². The molecule has 0 radical (unpaired) electrons. The van der Waals surface area contributed by atoms with Gasteiger partial charge < -0.3 is 59.3 Å². The molecule has 20 nitrogen and oxygen atoms in total. The van der Waals surface area contributed by atoms with Gasteiger partial charge in [-0.25, -0.2) is 19.9 Å². The second-order valence-electron chi connectivity index (χ2n) is 42.9. The van der Waals surface area contributed by atoms with Gasteiger partial charge in [-0.2, -0.15) is 19.9 Å². The van der Waals surface area contributed by atoms with Crippen LogP contribution in [-0.4, -0.2) is 49.8 Å². The van der Waals surface area contributed by atoms with Crippen molar-refractivity contribution < 1.29 is 37.9 Å². The van der Waals surface area contributed by atoms with E-state index >= 15 is 0 Å². The average Bonchev–Trinajstić information content (AvgIpc) is 1.54. The van der Waals surface area contributed by atoms with E-state index in [0.29, 0.717) is 136 Å². The Labute approximate surface area is 784 Å². The SMILES string of the molecule is CC(C)(C)c1ccc(Oc2cc3c(cc2Oc2ccc(C(C)(C)C)cc2)-c2nc-3nc(N)nc3[nH]c(nc4nc(nc(N)nc5[nH]c(n2)c2cc(Oc6ccc(C(C)(C)C)cc6)c(Oc6ccc(C(C)(C)C)cc6)cc52)-c2cc(Oc5ccc(C(C)(C)C)cc5)c(Oc5ccc(C(C)(C)C)cc5)cc2-4)c2cc(Oc4ccc(C(C)(C)C)cc4)c(Oc4ccc(C(C)(C)C)cc4)cc32)cc1. The number of anilines is 2. The number of benzene rings is 12. The van der Waals surface area contributed by atoms with Crippen LogP contribution in [0.1, 0.15) is 211 Å². The molecule has 0 aliphatic carbocycles. The quantitative estimate of drug-likeness (QED) is 0.0701. The molecule has 0 fully saturated rings. The molecule has 6 N–H and O–H groups in total. The highest BCUT2D eigenvalue weighted by atomic mass is 16.5. The van der Waals surface area contributed by atoms with Crippen LogP contribution in [0.15, 0.2) is 243 Å². The number of aromatic nitrogens is 10. The number of rotatable bonds is 16. The van der Waals surface area contributed by atoms with Crippen LogP contribution < -0.4 is 49.4 Å². The van der Waals surface area contributed by atoms with Crippen molar-refractivity contribution in [1.82, 2.24) is 49.8 Å². The predicted molar refractivity (Wildman–Crippen MR) is 540 cm³/mol. The number of ether oxygens (including phenoxy) is 8. The van der Waals surface area contributed by atoms with E-state index in [9.17, 15) is 0 Å². The van der Waals surface area contributed by atoms with Crippen LogP contribution in [0.25, 0.3) is 89.7 Å². The molecule has 0 saturated heterocycles. The van der Waals surface area contributed by atoms with E-state index in [1.165, 1.54) is 0 Å². The monoisotopic (exact) mass is 1780 g/mol. The molecule has 2 aliphatic rings. The van der Waals surface area contributed by atoms with E-state index in [0.717, 1.165) is 44.5 Å². The summed E-state index contributed by atoms with van der Waals surface area (Å²) in [6.45, 7) is 52.2. The van der Waals surface area contributed by atoms with Crippen molar-refractivity contribution in [2.45, 2.75) is 209 Å². The summed E-state index contributed by atoms with van der Waals surface area (Å²) in [4.78, 5) is 50.1. The molecule has 15 aromatic rings. The molecular formula is C114H118N12O8. The van der Waals surface area contributed by atoms with Gasteiger partial charge in [-0.15, -0.1) is 0 Å². The molecule has 0 atom stereocenters. The van der Waals surface area contributed by atoms with Gasteiger partial charge in [0.2, 0.25) is 11.9 Å². The Balaban J connectivity index is 0.974. The van der Waals surface area contributed by atoms with Crippen molar-refractivity contribution in [2.75, 3.05) is 11.5 Å². The lowest BCUT2D eigenvalue weighted by molar-refractivity contribution is 0.418. The zero-order valence-corrected chi connectivity index (χ0v) is 81.1. The third kappa shape index (κ3) is 20.1. The smallest absolute Gasteiger partial charge is 0.224 e. The number of nitrogens with one attached hydrogen (secondary N) is 2. The fourth-order valence-corrected chi connectivity index (χ4v) is 15.9. The number of hydrogen-bond donors (Lipinski definition) is 4. The molecule has 134 heavy (non-hydrogen) atoms. The second-order valence-corrected chi connectivity index (χ2v) is 42.9. The largest absolute Gasteiger partial charge is 0.453 e. The van der Waals surface area contributed by atoms with Gasteiger partial charge in [-0.3, -0.25) is 0 Å². The molecule has 12 aromatic carbocycles. The van der Waals surface area contributed by atoms with E-state index in [1.54, 1.807) is 0 Å². The Morgan fingerprint density at radius 1 is 0.179 bits per heavy atom. The highest BCUT2D eigenvalue weighted by Gasteiger charge is 2.31. The molecule has 0 spiro atoms. The molecule has 17 rings (SSSR count). The van der Waals surface area contributed by atoms with E-state index in [4.69, 9.17) is 89.2 Å². The lowest BCUT2D eigenvalue weighted by atomic mass is 9.87. The maximum atomic E-state index is 7.46. The van der Waals surface area contributed by atoms with Gasteiger partial charge in [0.1, 0.15) is 68.6 Å². The summed E-state index contributed by atoms with van der Waals surface area (Å²) in [5.41, 5.74) is 25.7. The summed E-state index contributed by atoms with van der Waals surface area (Å²) in [5.74, 6) is 7.34. The van der Waals surface area contributed by atoms with Crippen LogP contribution in [0.5, 0.6) is 92.0 Å². The van der Waals surface area contributed by atoms with Gasteiger partial charge in [-0.05, 0) is 233 Å². The first-order chi connectivity index (χ1) is 63.1. The minimum Gasteiger partial charge on any atom is -0.453 e.